The Bertz CT molecular complexity index is 517. The van der Waals surface area contributed by atoms with E-state index in [0.717, 1.165) is 0 Å². The molecule has 1 rings (SSSR count). The summed E-state index contributed by atoms with van der Waals surface area (Å²) in [6.07, 6.45) is 8.21. The highest BCUT2D eigenvalue weighted by Crippen LogP contribution is 2.44. The number of carbonyl (C=O) groups excluding carboxylic acids is 2. The van der Waals surface area contributed by atoms with E-state index in [1.807, 2.05) is 0 Å². The summed E-state index contributed by atoms with van der Waals surface area (Å²) < 4.78 is 11.4. The minimum Gasteiger partial charge on any atom is -0.367 e. The van der Waals surface area contributed by atoms with Crippen LogP contribution < -0.4 is 11.1 Å². The van der Waals surface area contributed by atoms with Gasteiger partial charge in [-0.25, -0.2) is 0 Å². The first-order valence-corrected chi connectivity index (χ1v) is 7.11. The molecular formula is C16H24N2O4. The standard InChI is InChI=1S/C16H24N2O4/c1-6-7-10-18-12(19)8-9-16(13(17)20)14(2,3)11-21-15(4,5)22-16/h1,8-9H,7,10-11H2,2-5H3,(H2,17,20)(H,18,19). The monoisotopic (exact) mass is 308 g/mol. The first-order chi connectivity index (χ1) is 10.1. The van der Waals surface area contributed by atoms with Crippen LogP contribution in [0, 0.1) is 17.8 Å². The summed E-state index contributed by atoms with van der Waals surface area (Å²) in [5.74, 6) is 0.420. The zero-order valence-corrected chi connectivity index (χ0v) is 13.6. The van der Waals surface area contributed by atoms with Crippen LogP contribution in [0.25, 0.3) is 0 Å². The molecule has 0 aliphatic carbocycles. The van der Waals surface area contributed by atoms with E-state index in [-0.39, 0.29) is 12.5 Å². The number of nitrogens with two attached hydrogens (primary N) is 1. The molecule has 1 saturated heterocycles. The van der Waals surface area contributed by atoms with Crippen LogP contribution in [-0.2, 0) is 19.1 Å². The molecule has 1 fully saturated rings. The lowest BCUT2D eigenvalue weighted by atomic mass is 9.73. The van der Waals surface area contributed by atoms with Crippen molar-refractivity contribution < 1.29 is 19.1 Å². The molecule has 22 heavy (non-hydrogen) atoms. The minimum atomic E-state index is -1.43. The van der Waals surface area contributed by atoms with E-state index in [1.54, 1.807) is 27.7 Å². The Kier molecular flexibility index (Phi) is 5.39. The van der Waals surface area contributed by atoms with Gasteiger partial charge in [0.2, 0.25) is 5.91 Å². The summed E-state index contributed by atoms with van der Waals surface area (Å²) in [7, 11) is 0. The second kappa shape index (κ2) is 6.51. The predicted molar refractivity (Wildman–Crippen MR) is 82.4 cm³/mol. The summed E-state index contributed by atoms with van der Waals surface area (Å²) >= 11 is 0. The Morgan fingerprint density at radius 2 is 2.00 bits per heavy atom. The zero-order valence-electron chi connectivity index (χ0n) is 13.6. The van der Waals surface area contributed by atoms with Gasteiger partial charge in [0, 0.05) is 24.5 Å². The van der Waals surface area contributed by atoms with E-state index in [4.69, 9.17) is 21.6 Å². The third-order valence-electron chi connectivity index (χ3n) is 3.60. The molecule has 0 aromatic carbocycles. The van der Waals surface area contributed by atoms with Crippen LogP contribution in [0.3, 0.4) is 0 Å². The lowest BCUT2D eigenvalue weighted by Gasteiger charge is -2.51. The maximum atomic E-state index is 12.1. The highest BCUT2D eigenvalue weighted by Gasteiger charge is 2.56. The molecule has 0 spiro atoms. The van der Waals surface area contributed by atoms with E-state index in [9.17, 15) is 9.59 Å². The average molecular weight is 308 g/mol. The van der Waals surface area contributed by atoms with Crippen LogP contribution in [0.2, 0.25) is 0 Å². The van der Waals surface area contributed by atoms with Crippen LogP contribution in [0.4, 0.5) is 0 Å². The van der Waals surface area contributed by atoms with E-state index in [1.165, 1.54) is 12.2 Å². The van der Waals surface area contributed by atoms with E-state index in [0.29, 0.717) is 13.0 Å². The van der Waals surface area contributed by atoms with Gasteiger partial charge >= 0.3 is 0 Å². The molecule has 6 heteroatoms. The first-order valence-electron chi connectivity index (χ1n) is 7.11. The maximum absolute atomic E-state index is 12.1. The van der Waals surface area contributed by atoms with E-state index >= 15 is 0 Å². The van der Waals surface area contributed by atoms with Crippen molar-refractivity contribution in [2.75, 3.05) is 13.2 Å². The second-order valence-electron chi connectivity index (χ2n) is 6.35. The second-order valence-corrected chi connectivity index (χ2v) is 6.35. The minimum absolute atomic E-state index is 0.270. The topological polar surface area (TPSA) is 90.7 Å². The molecule has 1 aliphatic heterocycles. The average Bonchev–Trinajstić information content (AvgIpc) is 2.40. The molecule has 1 atom stereocenters. The van der Waals surface area contributed by atoms with Crippen molar-refractivity contribution in [1.82, 2.24) is 5.32 Å². The molecule has 1 aliphatic rings. The van der Waals surface area contributed by atoms with Gasteiger partial charge in [0.05, 0.1) is 6.61 Å². The molecule has 1 heterocycles. The lowest BCUT2D eigenvalue weighted by Crippen LogP contribution is -2.64. The predicted octanol–water partition coefficient (Wildman–Crippen LogP) is 0.715. The number of amides is 2. The van der Waals surface area contributed by atoms with Crippen LogP contribution >= 0.6 is 0 Å². The van der Waals surface area contributed by atoms with Gasteiger partial charge in [-0.05, 0) is 19.9 Å². The van der Waals surface area contributed by atoms with Crippen molar-refractivity contribution in [2.45, 2.75) is 45.5 Å². The number of terminal acetylenes is 1. The quantitative estimate of drug-likeness (QED) is 0.445. The molecular weight excluding hydrogens is 284 g/mol. The number of hydrogen-bond acceptors (Lipinski definition) is 4. The fourth-order valence-electron chi connectivity index (χ4n) is 2.25. The van der Waals surface area contributed by atoms with Gasteiger partial charge in [-0.2, -0.15) is 0 Å². The van der Waals surface area contributed by atoms with Gasteiger partial charge in [0.25, 0.3) is 5.91 Å². The molecule has 3 N–H and O–H groups in total. The fraction of sp³-hybridized carbons (Fsp3) is 0.625. The number of nitrogens with one attached hydrogen (secondary N) is 1. The normalized spacial score (nSPS) is 26.3. The molecule has 122 valence electrons. The SMILES string of the molecule is C#CCCNC(=O)C=CC1(C(N)=O)OC(C)(C)OCC1(C)C. The van der Waals surface area contributed by atoms with E-state index < -0.39 is 22.7 Å². The number of ether oxygens (including phenoxy) is 2. The Morgan fingerprint density at radius 3 is 2.55 bits per heavy atom. The van der Waals surface area contributed by atoms with Crippen LogP contribution in [0.1, 0.15) is 34.1 Å². The Hall–Kier alpha value is -1.84. The molecule has 0 bridgehead atoms. The molecule has 0 aromatic heterocycles. The van der Waals surface area contributed by atoms with Crippen molar-refractivity contribution in [3.63, 3.8) is 0 Å². The summed E-state index contributed by atoms with van der Waals surface area (Å²) in [6.45, 7) is 7.62. The molecule has 2 amide bonds. The van der Waals surface area contributed by atoms with Gasteiger partial charge in [-0.3, -0.25) is 9.59 Å². The fourth-order valence-corrected chi connectivity index (χ4v) is 2.25. The van der Waals surface area contributed by atoms with Crippen LogP contribution in [0.15, 0.2) is 12.2 Å². The highest BCUT2D eigenvalue weighted by molar-refractivity contribution is 5.92. The zero-order chi connectivity index (χ0) is 17.0. The molecule has 1 unspecified atom stereocenters. The Balaban J connectivity index is 3.02. The maximum Gasteiger partial charge on any atom is 0.254 e. The highest BCUT2D eigenvalue weighted by atomic mass is 16.7. The van der Waals surface area contributed by atoms with Crippen molar-refractivity contribution in [2.24, 2.45) is 11.1 Å². The molecule has 6 nitrogen and oxygen atoms in total. The van der Waals surface area contributed by atoms with Gasteiger partial charge in [-0.1, -0.05) is 13.8 Å². The summed E-state index contributed by atoms with van der Waals surface area (Å²) in [5, 5.41) is 2.62. The number of rotatable bonds is 5. The number of primary amides is 1. The van der Waals surface area contributed by atoms with Gasteiger partial charge in [0.15, 0.2) is 11.4 Å². The summed E-state index contributed by atoms with van der Waals surface area (Å²) in [6, 6.07) is 0. The number of hydrogen-bond donors (Lipinski definition) is 2. The van der Waals surface area contributed by atoms with Gasteiger partial charge in [-0.15, -0.1) is 12.3 Å². The van der Waals surface area contributed by atoms with Crippen molar-refractivity contribution in [3.05, 3.63) is 12.2 Å². The largest absolute Gasteiger partial charge is 0.367 e. The van der Waals surface area contributed by atoms with Gasteiger partial charge < -0.3 is 20.5 Å². The van der Waals surface area contributed by atoms with Crippen LogP contribution in [0.5, 0.6) is 0 Å². The molecule has 0 saturated carbocycles. The lowest BCUT2D eigenvalue weighted by molar-refractivity contribution is -0.327. The van der Waals surface area contributed by atoms with Crippen LogP contribution in [-0.4, -0.2) is 36.4 Å². The van der Waals surface area contributed by atoms with Gasteiger partial charge in [0.1, 0.15) is 0 Å². The van der Waals surface area contributed by atoms with E-state index in [2.05, 4.69) is 11.2 Å². The molecule has 0 radical (unpaired) electrons. The van der Waals surface area contributed by atoms with Crippen molar-refractivity contribution >= 4 is 11.8 Å². The van der Waals surface area contributed by atoms with Crippen molar-refractivity contribution in [3.8, 4) is 12.3 Å². The Labute approximate surface area is 131 Å². The van der Waals surface area contributed by atoms with Crippen molar-refractivity contribution in [1.29, 1.82) is 0 Å². The smallest absolute Gasteiger partial charge is 0.254 e. The first kappa shape index (κ1) is 18.2. The summed E-state index contributed by atoms with van der Waals surface area (Å²) in [5.41, 5.74) is 3.43. The third kappa shape index (κ3) is 3.87. The summed E-state index contributed by atoms with van der Waals surface area (Å²) in [4.78, 5) is 23.9. The number of carbonyl (C=O) groups is 2. The third-order valence-corrected chi connectivity index (χ3v) is 3.60. The molecule has 0 aromatic rings. The Morgan fingerprint density at radius 1 is 1.36 bits per heavy atom.